The molecule has 1 aromatic rings. The largest absolute Gasteiger partial charge is 0.370 e. The summed E-state index contributed by atoms with van der Waals surface area (Å²) >= 11 is 0. The summed E-state index contributed by atoms with van der Waals surface area (Å²) in [7, 11) is 0. The molecule has 78 valence electrons. The van der Waals surface area contributed by atoms with Gasteiger partial charge in [0.05, 0.1) is 6.20 Å². The van der Waals surface area contributed by atoms with E-state index in [-0.39, 0.29) is 0 Å². The molecular formula is C10H18N4. The van der Waals surface area contributed by atoms with Gasteiger partial charge < -0.3 is 10.6 Å². The lowest BCUT2D eigenvalue weighted by Gasteiger charge is -2.17. The van der Waals surface area contributed by atoms with Crippen LogP contribution < -0.4 is 10.6 Å². The highest BCUT2D eigenvalue weighted by atomic mass is 15.3. The Bertz CT molecular complexity index is 303. The van der Waals surface area contributed by atoms with Crippen LogP contribution in [0.3, 0.4) is 0 Å². The molecule has 0 fully saturated rings. The molecule has 0 saturated carbocycles. The SMILES string of the molecule is CC(C)NCc1cnn2c1NCCC2. The molecule has 0 amide bonds. The normalized spacial score (nSPS) is 15.4. The van der Waals surface area contributed by atoms with Gasteiger partial charge in [-0.15, -0.1) is 0 Å². The molecule has 0 aromatic carbocycles. The van der Waals surface area contributed by atoms with Gasteiger partial charge in [-0.1, -0.05) is 13.8 Å². The van der Waals surface area contributed by atoms with Crippen molar-refractivity contribution in [2.45, 2.75) is 39.4 Å². The van der Waals surface area contributed by atoms with Crippen molar-refractivity contribution in [2.24, 2.45) is 0 Å². The highest BCUT2D eigenvalue weighted by molar-refractivity contribution is 5.44. The molecule has 0 radical (unpaired) electrons. The Morgan fingerprint density at radius 3 is 3.29 bits per heavy atom. The van der Waals surface area contributed by atoms with Gasteiger partial charge in [0, 0.05) is 31.2 Å². The van der Waals surface area contributed by atoms with Gasteiger partial charge in [-0.2, -0.15) is 5.10 Å². The van der Waals surface area contributed by atoms with Crippen molar-refractivity contribution >= 4 is 5.82 Å². The summed E-state index contributed by atoms with van der Waals surface area (Å²) in [6.07, 6.45) is 3.13. The number of rotatable bonds is 3. The zero-order chi connectivity index (χ0) is 9.97. The Hall–Kier alpha value is -1.03. The van der Waals surface area contributed by atoms with Crippen LogP contribution in [0.2, 0.25) is 0 Å². The summed E-state index contributed by atoms with van der Waals surface area (Å²) in [5.41, 5.74) is 1.28. The van der Waals surface area contributed by atoms with Crippen molar-refractivity contribution in [3.63, 3.8) is 0 Å². The van der Waals surface area contributed by atoms with Crippen LogP contribution >= 0.6 is 0 Å². The number of nitrogens with one attached hydrogen (secondary N) is 2. The van der Waals surface area contributed by atoms with E-state index in [4.69, 9.17) is 0 Å². The topological polar surface area (TPSA) is 41.9 Å². The Morgan fingerprint density at radius 1 is 1.64 bits per heavy atom. The standard InChI is InChI=1S/C10H18N4/c1-8(2)12-6-9-7-13-14-5-3-4-11-10(9)14/h7-8,11-12H,3-6H2,1-2H3. The van der Waals surface area contributed by atoms with Gasteiger partial charge in [0.2, 0.25) is 0 Å². The van der Waals surface area contributed by atoms with Crippen LogP contribution in [0.25, 0.3) is 0 Å². The van der Waals surface area contributed by atoms with Crippen molar-refractivity contribution in [1.29, 1.82) is 0 Å². The molecule has 2 N–H and O–H groups in total. The molecule has 0 atom stereocenters. The van der Waals surface area contributed by atoms with Crippen LogP contribution in [0, 0.1) is 0 Å². The molecule has 1 aromatic heterocycles. The predicted octanol–water partition coefficient (Wildman–Crippen LogP) is 1.20. The predicted molar refractivity (Wildman–Crippen MR) is 57.3 cm³/mol. The Kier molecular flexibility index (Phi) is 2.72. The van der Waals surface area contributed by atoms with E-state index >= 15 is 0 Å². The summed E-state index contributed by atoms with van der Waals surface area (Å²) < 4.78 is 2.06. The highest BCUT2D eigenvalue weighted by Gasteiger charge is 2.13. The Balaban J connectivity index is 2.06. The molecule has 0 spiro atoms. The smallest absolute Gasteiger partial charge is 0.128 e. The molecule has 0 saturated heterocycles. The first kappa shape index (κ1) is 9.52. The second kappa shape index (κ2) is 4.00. The second-order valence-electron chi connectivity index (χ2n) is 4.06. The van der Waals surface area contributed by atoms with E-state index in [0.717, 1.165) is 19.6 Å². The minimum absolute atomic E-state index is 0.522. The van der Waals surface area contributed by atoms with Crippen molar-refractivity contribution in [1.82, 2.24) is 15.1 Å². The van der Waals surface area contributed by atoms with E-state index in [1.54, 1.807) is 0 Å². The fourth-order valence-corrected chi connectivity index (χ4v) is 1.68. The summed E-state index contributed by atoms with van der Waals surface area (Å²) in [6.45, 7) is 7.33. The van der Waals surface area contributed by atoms with Gasteiger partial charge in [0.25, 0.3) is 0 Å². The van der Waals surface area contributed by atoms with E-state index in [9.17, 15) is 0 Å². The minimum atomic E-state index is 0.522. The average Bonchev–Trinajstić information content (AvgIpc) is 2.58. The van der Waals surface area contributed by atoms with Gasteiger partial charge >= 0.3 is 0 Å². The molecule has 0 bridgehead atoms. The van der Waals surface area contributed by atoms with E-state index < -0.39 is 0 Å². The molecular weight excluding hydrogens is 176 g/mol. The maximum atomic E-state index is 4.35. The van der Waals surface area contributed by atoms with Gasteiger partial charge in [0.1, 0.15) is 5.82 Å². The van der Waals surface area contributed by atoms with E-state index in [1.165, 1.54) is 17.8 Å². The highest BCUT2D eigenvalue weighted by Crippen LogP contribution is 2.18. The first-order chi connectivity index (χ1) is 6.77. The van der Waals surface area contributed by atoms with Crippen molar-refractivity contribution in [3.05, 3.63) is 11.8 Å². The average molecular weight is 194 g/mol. The molecule has 14 heavy (non-hydrogen) atoms. The van der Waals surface area contributed by atoms with Crippen LogP contribution in [-0.4, -0.2) is 22.4 Å². The Morgan fingerprint density at radius 2 is 2.50 bits per heavy atom. The lowest BCUT2D eigenvalue weighted by Crippen LogP contribution is -2.23. The van der Waals surface area contributed by atoms with Crippen molar-refractivity contribution in [3.8, 4) is 0 Å². The van der Waals surface area contributed by atoms with Crippen LogP contribution in [-0.2, 0) is 13.1 Å². The van der Waals surface area contributed by atoms with Gasteiger partial charge in [0.15, 0.2) is 0 Å². The molecule has 1 aliphatic heterocycles. The molecule has 1 aliphatic rings. The van der Waals surface area contributed by atoms with E-state index in [1.807, 2.05) is 6.20 Å². The summed E-state index contributed by atoms with van der Waals surface area (Å²) in [6, 6.07) is 0.522. The van der Waals surface area contributed by atoms with Gasteiger partial charge in [-0.25, -0.2) is 4.68 Å². The summed E-state index contributed by atoms with van der Waals surface area (Å²) in [4.78, 5) is 0. The summed E-state index contributed by atoms with van der Waals surface area (Å²) in [5, 5.41) is 11.1. The lowest BCUT2D eigenvalue weighted by molar-refractivity contribution is 0.562. The van der Waals surface area contributed by atoms with E-state index in [0.29, 0.717) is 6.04 Å². The molecule has 4 heteroatoms. The fourth-order valence-electron chi connectivity index (χ4n) is 1.68. The zero-order valence-corrected chi connectivity index (χ0v) is 8.88. The number of fused-ring (bicyclic) bond motifs is 1. The van der Waals surface area contributed by atoms with Crippen LogP contribution in [0.4, 0.5) is 5.82 Å². The number of aromatic nitrogens is 2. The number of hydrogen-bond donors (Lipinski definition) is 2. The fraction of sp³-hybridized carbons (Fsp3) is 0.700. The number of anilines is 1. The minimum Gasteiger partial charge on any atom is -0.370 e. The molecule has 2 rings (SSSR count). The van der Waals surface area contributed by atoms with Gasteiger partial charge in [-0.3, -0.25) is 0 Å². The van der Waals surface area contributed by atoms with Crippen LogP contribution in [0.1, 0.15) is 25.8 Å². The lowest BCUT2D eigenvalue weighted by atomic mass is 10.2. The molecule has 4 nitrogen and oxygen atoms in total. The molecule has 2 heterocycles. The molecule has 0 aliphatic carbocycles. The second-order valence-corrected chi connectivity index (χ2v) is 4.06. The van der Waals surface area contributed by atoms with Crippen LogP contribution in [0.15, 0.2) is 6.20 Å². The number of hydrogen-bond acceptors (Lipinski definition) is 3. The third kappa shape index (κ3) is 1.90. The third-order valence-corrected chi connectivity index (χ3v) is 2.46. The first-order valence-electron chi connectivity index (χ1n) is 5.29. The van der Waals surface area contributed by atoms with Crippen molar-refractivity contribution < 1.29 is 0 Å². The number of nitrogens with zero attached hydrogens (tertiary/aromatic N) is 2. The third-order valence-electron chi connectivity index (χ3n) is 2.46. The summed E-state index contributed by atoms with van der Waals surface area (Å²) in [5.74, 6) is 1.20. The van der Waals surface area contributed by atoms with Gasteiger partial charge in [-0.05, 0) is 6.42 Å². The monoisotopic (exact) mass is 194 g/mol. The van der Waals surface area contributed by atoms with Crippen molar-refractivity contribution in [2.75, 3.05) is 11.9 Å². The zero-order valence-electron chi connectivity index (χ0n) is 8.88. The molecule has 0 unspecified atom stereocenters. The maximum Gasteiger partial charge on any atom is 0.128 e. The maximum absolute atomic E-state index is 4.35. The number of aryl methyl sites for hydroxylation is 1. The quantitative estimate of drug-likeness (QED) is 0.759. The van der Waals surface area contributed by atoms with Crippen LogP contribution in [0.5, 0.6) is 0 Å². The van der Waals surface area contributed by atoms with E-state index in [2.05, 4.69) is 34.3 Å². The Labute approximate surface area is 84.7 Å². The first-order valence-corrected chi connectivity index (χ1v) is 5.29.